The first-order valence-corrected chi connectivity index (χ1v) is 12.3. The lowest BCUT2D eigenvalue weighted by atomic mass is 9.72. The van der Waals surface area contributed by atoms with Gasteiger partial charge in [-0.2, -0.15) is 0 Å². The van der Waals surface area contributed by atoms with Gasteiger partial charge < -0.3 is 25.0 Å². The monoisotopic (exact) mass is 452 g/mol. The summed E-state index contributed by atoms with van der Waals surface area (Å²) in [6.45, 7) is 5.44. The van der Waals surface area contributed by atoms with E-state index < -0.39 is 0 Å². The second-order valence-corrected chi connectivity index (χ2v) is 9.86. The summed E-state index contributed by atoms with van der Waals surface area (Å²) in [6, 6.07) is 8.49. The van der Waals surface area contributed by atoms with Crippen LogP contribution < -0.4 is 14.8 Å². The summed E-state index contributed by atoms with van der Waals surface area (Å²) in [5.74, 6) is 2.82. The van der Waals surface area contributed by atoms with Crippen molar-refractivity contribution in [3.63, 3.8) is 0 Å². The smallest absolute Gasteiger partial charge is 0.161 e. The van der Waals surface area contributed by atoms with E-state index in [9.17, 15) is 10.2 Å². The van der Waals surface area contributed by atoms with Gasteiger partial charge in [-0.1, -0.05) is 13.3 Å². The maximum atomic E-state index is 10.1. The van der Waals surface area contributed by atoms with E-state index in [0.717, 1.165) is 67.9 Å². The average molecular weight is 453 g/mol. The van der Waals surface area contributed by atoms with Crippen molar-refractivity contribution in [2.24, 2.45) is 11.8 Å². The van der Waals surface area contributed by atoms with Crippen LogP contribution in [0, 0.1) is 11.8 Å². The largest absolute Gasteiger partial charge is 0.504 e. The Kier molecular flexibility index (Phi) is 6.14. The number of methoxy groups -OCH3 is 2. The molecule has 6 nitrogen and oxygen atoms in total. The summed E-state index contributed by atoms with van der Waals surface area (Å²) in [5.41, 5.74) is 5.06. The predicted molar refractivity (Wildman–Crippen MR) is 128 cm³/mol. The van der Waals surface area contributed by atoms with E-state index in [2.05, 4.69) is 29.3 Å². The first kappa shape index (κ1) is 22.4. The molecule has 0 bridgehead atoms. The van der Waals surface area contributed by atoms with Gasteiger partial charge in [-0.05, 0) is 90.6 Å². The van der Waals surface area contributed by atoms with Gasteiger partial charge in [0.1, 0.15) is 0 Å². The molecule has 0 saturated carbocycles. The highest BCUT2D eigenvalue weighted by Gasteiger charge is 2.40. The number of nitrogens with zero attached hydrogens (tertiary/aromatic N) is 1. The van der Waals surface area contributed by atoms with Crippen molar-refractivity contribution in [3.8, 4) is 23.0 Å². The van der Waals surface area contributed by atoms with Crippen molar-refractivity contribution in [1.82, 2.24) is 10.2 Å². The van der Waals surface area contributed by atoms with E-state index in [1.807, 2.05) is 0 Å². The molecule has 33 heavy (non-hydrogen) atoms. The Bertz CT molecular complexity index is 1020. The van der Waals surface area contributed by atoms with E-state index in [4.69, 9.17) is 9.47 Å². The number of hydrogen-bond donors (Lipinski definition) is 3. The molecule has 4 atom stereocenters. The number of benzene rings is 2. The Morgan fingerprint density at radius 2 is 1.67 bits per heavy atom. The highest BCUT2D eigenvalue weighted by Crippen LogP contribution is 2.47. The lowest BCUT2D eigenvalue weighted by Crippen LogP contribution is -2.46. The number of fused-ring (bicyclic) bond motifs is 4. The molecule has 178 valence electrons. The first-order chi connectivity index (χ1) is 16.0. The van der Waals surface area contributed by atoms with E-state index in [1.165, 1.54) is 17.5 Å². The zero-order valence-corrected chi connectivity index (χ0v) is 19.9. The van der Waals surface area contributed by atoms with Crippen LogP contribution in [0.4, 0.5) is 0 Å². The number of ether oxygens (including phenoxy) is 2. The minimum Gasteiger partial charge on any atom is -0.504 e. The molecule has 3 heterocycles. The second kappa shape index (κ2) is 9.07. The molecule has 5 rings (SSSR count). The minimum absolute atomic E-state index is 0.0164. The summed E-state index contributed by atoms with van der Waals surface area (Å²) in [4.78, 5) is 2.67. The number of nitrogens with one attached hydrogen (secondary N) is 1. The van der Waals surface area contributed by atoms with Gasteiger partial charge in [-0.25, -0.2) is 0 Å². The number of phenolic OH excluding ortho intramolecular Hbond substituents is 2. The Hall–Kier alpha value is -2.44. The van der Waals surface area contributed by atoms with Crippen molar-refractivity contribution in [3.05, 3.63) is 46.5 Å². The zero-order valence-electron chi connectivity index (χ0n) is 19.9. The SMILES string of the molecule is CCC1CN2CCc3cc(OC)c(OC)cc3[C@@H]2C[C@@H]1C[C@@H]1NCCc2cc(O)c(O)cc21. The standard InChI is InChI=1S/C27H36N2O4/c1-4-16-15-29-8-6-18-12-26(32-2)27(33-3)14-21(18)23(29)10-19(16)9-22-20-13-25(31)24(30)11-17(20)5-7-28-22/h11-14,16,19,22-23,28,30-31H,4-10,15H2,1-3H3/t16?,19-,22-,23-/m0/s1. The molecule has 1 saturated heterocycles. The van der Waals surface area contributed by atoms with Crippen molar-refractivity contribution in [2.45, 2.75) is 51.1 Å². The van der Waals surface area contributed by atoms with Crippen LogP contribution in [0.15, 0.2) is 24.3 Å². The maximum absolute atomic E-state index is 10.1. The van der Waals surface area contributed by atoms with Crippen LogP contribution in [0.2, 0.25) is 0 Å². The topological polar surface area (TPSA) is 74.2 Å². The number of phenols is 2. The molecule has 0 radical (unpaired) electrons. The van der Waals surface area contributed by atoms with Gasteiger partial charge in [-0.15, -0.1) is 0 Å². The lowest BCUT2D eigenvalue weighted by Gasteiger charge is -2.48. The van der Waals surface area contributed by atoms with Crippen LogP contribution in [0.25, 0.3) is 0 Å². The number of piperidine rings is 1. The first-order valence-electron chi connectivity index (χ1n) is 12.3. The van der Waals surface area contributed by atoms with Crippen LogP contribution in [0.5, 0.6) is 23.0 Å². The molecule has 3 aliphatic heterocycles. The molecular formula is C27H36N2O4. The van der Waals surface area contributed by atoms with Gasteiger partial charge in [-0.3, -0.25) is 4.90 Å². The van der Waals surface area contributed by atoms with Crippen LogP contribution >= 0.6 is 0 Å². The van der Waals surface area contributed by atoms with Crippen LogP contribution in [-0.4, -0.2) is 49.0 Å². The Labute approximate surface area is 196 Å². The van der Waals surface area contributed by atoms with Gasteiger partial charge >= 0.3 is 0 Å². The third-order valence-corrected chi connectivity index (χ3v) is 8.23. The highest BCUT2D eigenvalue weighted by molar-refractivity contribution is 5.50. The van der Waals surface area contributed by atoms with E-state index in [-0.39, 0.29) is 17.5 Å². The van der Waals surface area contributed by atoms with Crippen molar-refractivity contribution < 1.29 is 19.7 Å². The molecule has 1 fully saturated rings. The normalized spacial score (nSPS) is 26.8. The fourth-order valence-electron chi connectivity index (χ4n) is 6.44. The molecule has 0 amide bonds. The Morgan fingerprint density at radius 1 is 0.939 bits per heavy atom. The van der Waals surface area contributed by atoms with E-state index >= 15 is 0 Å². The van der Waals surface area contributed by atoms with Gasteiger partial charge in [0.05, 0.1) is 14.2 Å². The third kappa shape index (κ3) is 4.04. The summed E-state index contributed by atoms with van der Waals surface area (Å²) < 4.78 is 11.2. The average Bonchev–Trinajstić information content (AvgIpc) is 2.83. The number of rotatable bonds is 5. The maximum Gasteiger partial charge on any atom is 0.161 e. The van der Waals surface area contributed by atoms with Crippen LogP contribution in [0.3, 0.4) is 0 Å². The van der Waals surface area contributed by atoms with Crippen LogP contribution in [-0.2, 0) is 12.8 Å². The van der Waals surface area contributed by atoms with E-state index in [1.54, 1.807) is 26.4 Å². The molecule has 6 heteroatoms. The summed E-state index contributed by atoms with van der Waals surface area (Å²) >= 11 is 0. The molecule has 2 aromatic carbocycles. The minimum atomic E-state index is -0.0217. The predicted octanol–water partition coefficient (Wildman–Crippen LogP) is 4.34. The lowest BCUT2D eigenvalue weighted by molar-refractivity contribution is 0.0434. The number of hydrogen-bond acceptors (Lipinski definition) is 6. The van der Waals surface area contributed by atoms with Crippen molar-refractivity contribution in [1.29, 1.82) is 0 Å². The fraction of sp³-hybridized carbons (Fsp3) is 0.556. The molecule has 2 aromatic rings. The zero-order chi connectivity index (χ0) is 23.1. The Balaban J connectivity index is 1.43. The highest BCUT2D eigenvalue weighted by atomic mass is 16.5. The quantitative estimate of drug-likeness (QED) is 0.586. The molecular weight excluding hydrogens is 416 g/mol. The Morgan fingerprint density at radius 3 is 2.42 bits per heavy atom. The van der Waals surface area contributed by atoms with Crippen molar-refractivity contribution in [2.75, 3.05) is 33.9 Å². The van der Waals surface area contributed by atoms with Gasteiger partial charge in [0, 0.05) is 25.2 Å². The third-order valence-electron chi connectivity index (χ3n) is 8.23. The van der Waals surface area contributed by atoms with Gasteiger partial charge in [0.15, 0.2) is 23.0 Å². The molecule has 1 unspecified atom stereocenters. The van der Waals surface area contributed by atoms with Gasteiger partial charge in [0.2, 0.25) is 0 Å². The molecule has 0 aromatic heterocycles. The molecule has 3 N–H and O–H groups in total. The van der Waals surface area contributed by atoms with E-state index in [0.29, 0.717) is 17.9 Å². The number of aromatic hydroxyl groups is 2. The summed E-state index contributed by atoms with van der Waals surface area (Å²) in [6.07, 6.45) is 5.27. The summed E-state index contributed by atoms with van der Waals surface area (Å²) in [7, 11) is 3.41. The fourth-order valence-corrected chi connectivity index (χ4v) is 6.44. The van der Waals surface area contributed by atoms with Gasteiger partial charge in [0.25, 0.3) is 0 Å². The molecule has 3 aliphatic rings. The molecule has 0 aliphatic carbocycles. The summed E-state index contributed by atoms with van der Waals surface area (Å²) in [5, 5.41) is 23.8. The molecule has 0 spiro atoms. The van der Waals surface area contributed by atoms with Crippen LogP contribution in [0.1, 0.15) is 60.5 Å². The van der Waals surface area contributed by atoms with Crippen molar-refractivity contribution >= 4 is 0 Å². The second-order valence-electron chi connectivity index (χ2n) is 9.86.